The highest BCUT2D eigenvalue weighted by Crippen LogP contribution is 2.16. The molecule has 0 radical (unpaired) electrons. The van der Waals surface area contributed by atoms with Crippen molar-refractivity contribution in [3.63, 3.8) is 0 Å². The Labute approximate surface area is 118 Å². The number of carbonyl (C=O) groups is 1. The molecule has 6 heteroatoms. The molecule has 106 valence electrons. The van der Waals surface area contributed by atoms with Gasteiger partial charge < -0.3 is 15.4 Å². The maximum atomic E-state index is 13.2. The van der Waals surface area contributed by atoms with E-state index in [-0.39, 0.29) is 43.1 Å². The van der Waals surface area contributed by atoms with Crippen LogP contribution < -0.4 is 10.5 Å². The second-order valence-electron chi connectivity index (χ2n) is 4.42. The maximum Gasteiger partial charge on any atom is 0.226 e. The smallest absolute Gasteiger partial charge is 0.226 e. The van der Waals surface area contributed by atoms with E-state index in [0.29, 0.717) is 13.1 Å². The van der Waals surface area contributed by atoms with Crippen LogP contribution in [0.2, 0.25) is 0 Å². The first kappa shape index (κ1) is 15.7. The highest BCUT2D eigenvalue weighted by molar-refractivity contribution is 5.85. The summed E-state index contributed by atoms with van der Waals surface area (Å²) in [5, 5.41) is 0. The zero-order valence-electron chi connectivity index (χ0n) is 10.5. The van der Waals surface area contributed by atoms with Crippen molar-refractivity contribution in [1.82, 2.24) is 4.90 Å². The van der Waals surface area contributed by atoms with E-state index in [1.807, 2.05) is 0 Å². The highest BCUT2D eigenvalue weighted by atomic mass is 35.5. The molecule has 1 aromatic carbocycles. The number of para-hydroxylation sites is 1. The standard InChI is InChI=1S/C13H17FN2O2.ClH/c14-11-3-1-2-4-12(11)18-8-6-13(17)16-7-5-10(15)9-16;/h1-4,10H,5-9,15H2;1H/t10-;/m1./s1. The van der Waals surface area contributed by atoms with Crippen LogP contribution in [0.1, 0.15) is 12.8 Å². The maximum absolute atomic E-state index is 13.2. The summed E-state index contributed by atoms with van der Waals surface area (Å²) in [5.41, 5.74) is 5.73. The molecule has 0 spiro atoms. The molecule has 1 aliphatic rings. The molecule has 2 N–H and O–H groups in total. The second-order valence-corrected chi connectivity index (χ2v) is 4.42. The zero-order chi connectivity index (χ0) is 13.0. The molecule has 1 saturated heterocycles. The van der Waals surface area contributed by atoms with Gasteiger partial charge in [0.25, 0.3) is 0 Å². The van der Waals surface area contributed by atoms with Gasteiger partial charge in [0.2, 0.25) is 5.91 Å². The molecule has 1 atom stereocenters. The third kappa shape index (κ3) is 4.36. The Kier molecular flexibility index (Phi) is 6.05. The summed E-state index contributed by atoms with van der Waals surface area (Å²) in [6.07, 6.45) is 1.10. The number of carbonyl (C=O) groups excluding carboxylic acids is 1. The minimum Gasteiger partial charge on any atom is -0.490 e. The van der Waals surface area contributed by atoms with Gasteiger partial charge in [-0.2, -0.15) is 0 Å². The van der Waals surface area contributed by atoms with Crippen LogP contribution in [0.4, 0.5) is 4.39 Å². The third-order valence-electron chi connectivity index (χ3n) is 2.99. The summed E-state index contributed by atoms with van der Waals surface area (Å²) in [4.78, 5) is 13.5. The van der Waals surface area contributed by atoms with Crippen LogP contribution in [0, 0.1) is 5.82 Å². The largest absolute Gasteiger partial charge is 0.490 e. The quantitative estimate of drug-likeness (QED) is 0.915. The average Bonchev–Trinajstić information content (AvgIpc) is 2.78. The number of likely N-dealkylation sites (tertiary alicyclic amines) is 1. The molecule has 0 unspecified atom stereocenters. The van der Waals surface area contributed by atoms with Gasteiger partial charge in [0.1, 0.15) is 0 Å². The number of ether oxygens (including phenoxy) is 1. The molecule has 0 aromatic heterocycles. The highest BCUT2D eigenvalue weighted by Gasteiger charge is 2.23. The van der Waals surface area contributed by atoms with Crippen molar-refractivity contribution >= 4 is 18.3 Å². The predicted octanol–water partition coefficient (Wildman–Crippen LogP) is 1.58. The van der Waals surface area contributed by atoms with Gasteiger partial charge in [-0.3, -0.25) is 4.79 Å². The molecule has 1 amide bonds. The van der Waals surface area contributed by atoms with E-state index in [1.165, 1.54) is 6.07 Å². The van der Waals surface area contributed by atoms with E-state index in [1.54, 1.807) is 23.1 Å². The molecule has 1 heterocycles. The number of hydrogen-bond donors (Lipinski definition) is 1. The fraction of sp³-hybridized carbons (Fsp3) is 0.462. The summed E-state index contributed by atoms with van der Waals surface area (Å²) < 4.78 is 18.5. The van der Waals surface area contributed by atoms with Crippen LogP contribution in [0.25, 0.3) is 0 Å². The molecule has 0 saturated carbocycles. The zero-order valence-corrected chi connectivity index (χ0v) is 11.4. The van der Waals surface area contributed by atoms with Gasteiger partial charge in [-0.15, -0.1) is 12.4 Å². The summed E-state index contributed by atoms with van der Waals surface area (Å²) in [6, 6.07) is 6.25. The average molecular weight is 289 g/mol. The van der Waals surface area contributed by atoms with E-state index in [2.05, 4.69) is 0 Å². The molecule has 19 heavy (non-hydrogen) atoms. The van der Waals surface area contributed by atoms with E-state index in [4.69, 9.17) is 10.5 Å². The number of nitrogens with two attached hydrogens (primary N) is 1. The van der Waals surface area contributed by atoms with Crippen LogP contribution in [0.3, 0.4) is 0 Å². The van der Waals surface area contributed by atoms with E-state index in [0.717, 1.165) is 6.42 Å². The molecule has 0 aliphatic carbocycles. The van der Waals surface area contributed by atoms with Crippen molar-refractivity contribution in [3.05, 3.63) is 30.1 Å². The fourth-order valence-electron chi connectivity index (χ4n) is 1.98. The minimum absolute atomic E-state index is 0. The summed E-state index contributed by atoms with van der Waals surface area (Å²) in [6.45, 7) is 1.50. The van der Waals surface area contributed by atoms with Crippen LogP contribution in [0.5, 0.6) is 5.75 Å². The third-order valence-corrected chi connectivity index (χ3v) is 2.99. The van der Waals surface area contributed by atoms with Gasteiger partial charge in [0.05, 0.1) is 13.0 Å². The molecule has 2 rings (SSSR count). The molecule has 1 aliphatic heterocycles. The van der Waals surface area contributed by atoms with Crippen molar-refractivity contribution in [2.24, 2.45) is 5.73 Å². The Balaban J connectivity index is 0.00000180. The van der Waals surface area contributed by atoms with Crippen molar-refractivity contribution in [2.75, 3.05) is 19.7 Å². The molecule has 0 bridgehead atoms. The van der Waals surface area contributed by atoms with E-state index in [9.17, 15) is 9.18 Å². The van der Waals surface area contributed by atoms with Crippen LogP contribution in [0.15, 0.2) is 24.3 Å². The lowest BCUT2D eigenvalue weighted by molar-refractivity contribution is -0.130. The van der Waals surface area contributed by atoms with E-state index >= 15 is 0 Å². The first-order chi connectivity index (χ1) is 8.66. The Bertz CT molecular complexity index is 431. The number of amides is 1. The molecule has 4 nitrogen and oxygen atoms in total. The van der Waals surface area contributed by atoms with Gasteiger partial charge in [-0.05, 0) is 18.6 Å². The van der Waals surface area contributed by atoms with Gasteiger partial charge in [-0.1, -0.05) is 12.1 Å². The number of benzene rings is 1. The van der Waals surface area contributed by atoms with Crippen molar-refractivity contribution < 1.29 is 13.9 Å². The normalized spacial score (nSPS) is 18.0. The lowest BCUT2D eigenvalue weighted by atomic mass is 10.3. The molecular formula is C13H18ClFN2O2. The number of nitrogens with zero attached hydrogens (tertiary/aromatic N) is 1. The lowest BCUT2D eigenvalue weighted by Gasteiger charge is -2.15. The van der Waals surface area contributed by atoms with Gasteiger partial charge in [0, 0.05) is 19.1 Å². The number of rotatable bonds is 4. The first-order valence-electron chi connectivity index (χ1n) is 6.07. The molecule has 1 aromatic rings. The summed E-state index contributed by atoms with van der Waals surface area (Å²) in [7, 11) is 0. The van der Waals surface area contributed by atoms with Gasteiger partial charge >= 0.3 is 0 Å². The molecular weight excluding hydrogens is 271 g/mol. The number of hydrogen-bond acceptors (Lipinski definition) is 3. The van der Waals surface area contributed by atoms with Crippen molar-refractivity contribution in [3.8, 4) is 5.75 Å². The van der Waals surface area contributed by atoms with Gasteiger partial charge in [0.15, 0.2) is 11.6 Å². The Morgan fingerprint density at radius 1 is 1.47 bits per heavy atom. The van der Waals surface area contributed by atoms with Crippen LogP contribution in [-0.2, 0) is 4.79 Å². The topological polar surface area (TPSA) is 55.6 Å². The SMILES string of the molecule is Cl.N[C@@H]1CCN(C(=O)CCOc2ccccc2F)C1. The Hall–Kier alpha value is -1.33. The Morgan fingerprint density at radius 2 is 2.21 bits per heavy atom. The lowest BCUT2D eigenvalue weighted by Crippen LogP contribution is -2.32. The monoisotopic (exact) mass is 288 g/mol. The van der Waals surface area contributed by atoms with Crippen LogP contribution >= 0.6 is 12.4 Å². The van der Waals surface area contributed by atoms with E-state index < -0.39 is 5.82 Å². The van der Waals surface area contributed by atoms with Gasteiger partial charge in [-0.25, -0.2) is 4.39 Å². The second kappa shape index (κ2) is 7.31. The number of halogens is 2. The Morgan fingerprint density at radius 3 is 2.84 bits per heavy atom. The van der Waals surface area contributed by atoms with Crippen molar-refractivity contribution in [1.29, 1.82) is 0 Å². The predicted molar refractivity (Wildman–Crippen MR) is 72.9 cm³/mol. The first-order valence-corrected chi connectivity index (χ1v) is 6.07. The van der Waals surface area contributed by atoms with Crippen molar-refractivity contribution in [2.45, 2.75) is 18.9 Å². The van der Waals surface area contributed by atoms with Crippen LogP contribution in [-0.4, -0.2) is 36.5 Å². The minimum atomic E-state index is -0.409. The summed E-state index contributed by atoms with van der Waals surface area (Å²) >= 11 is 0. The molecule has 1 fully saturated rings. The fourth-order valence-corrected chi connectivity index (χ4v) is 1.98. The summed E-state index contributed by atoms with van der Waals surface area (Å²) in [5.74, 6) is -0.212.